The largest absolute Gasteiger partial charge is 0.465 e. The third-order valence-electron chi connectivity index (χ3n) is 3.46. The van der Waals surface area contributed by atoms with E-state index in [0.29, 0.717) is 16.3 Å². The van der Waals surface area contributed by atoms with Crippen molar-refractivity contribution in [1.29, 1.82) is 0 Å². The summed E-state index contributed by atoms with van der Waals surface area (Å²) in [6.07, 6.45) is 1.87. The summed E-state index contributed by atoms with van der Waals surface area (Å²) in [6, 6.07) is 7.11. The van der Waals surface area contributed by atoms with Gasteiger partial charge in [0.15, 0.2) is 0 Å². The van der Waals surface area contributed by atoms with E-state index in [1.54, 1.807) is 22.8 Å². The quantitative estimate of drug-likeness (QED) is 0.717. The molecule has 0 radical (unpaired) electrons. The number of aryl methyl sites for hydroxylation is 1. The Labute approximate surface area is 104 Å². The Kier molecular flexibility index (Phi) is 2.44. The predicted molar refractivity (Wildman–Crippen MR) is 67.9 cm³/mol. The number of methoxy groups -OCH3 is 1. The van der Waals surface area contributed by atoms with Crippen molar-refractivity contribution in [3.05, 3.63) is 45.9 Å². The first-order chi connectivity index (χ1) is 8.72. The summed E-state index contributed by atoms with van der Waals surface area (Å²) in [5.41, 5.74) is 1.46. The fourth-order valence-corrected chi connectivity index (χ4v) is 2.59. The fourth-order valence-electron chi connectivity index (χ4n) is 2.59. The summed E-state index contributed by atoms with van der Waals surface area (Å²) >= 11 is 0. The molecule has 92 valence electrons. The van der Waals surface area contributed by atoms with Crippen LogP contribution in [0.25, 0.3) is 10.8 Å². The molecule has 0 N–H and O–H groups in total. The van der Waals surface area contributed by atoms with Gasteiger partial charge in [-0.3, -0.25) is 4.79 Å². The maximum atomic E-state index is 12.3. The highest BCUT2D eigenvalue weighted by atomic mass is 16.5. The van der Waals surface area contributed by atoms with Gasteiger partial charge in [-0.05, 0) is 31.0 Å². The maximum Gasteiger partial charge on any atom is 0.338 e. The highest BCUT2D eigenvalue weighted by Crippen LogP contribution is 2.21. The Hall–Kier alpha value is -2.10. The number of hydrogen-bond acceptors (Lipinski definition) is 3. The van der Waals surface area contributed by atoms with Crippen molar-refractivity contribution < 1.29 is 9.53 Å². The Bertz CT molecular complexity index is 700. The predicted octanol–water partition coefficient (Wildman–Crippen LogP) is 1.73. The molecule has 0 amide bonds. The number of carbonyl (C=O) groups excluding carboxylic acids is 1. The number of nitrogens with zero attached hydrogens (tertiary/aromatic N) is 1. The van der Waals surface area contributed by atoms with Crippen LogP contribution in [0, 0.1) is 0 Å². The van der Waals surface area contributed by atoms with Crippen molar-refractivity contribution in [2.75, 3.05) is 7.11 Å². The zero-order chi connectivity index (χ0) is 12.7. The molecule has 0 atom stereocenters. The number of pyridine rings is 1. The van der Waals surface area contributed by atoms with E-state index >= 15 is 0 Å². The number of esters is 1. The summed E-state index contributed by atoms with van der Waals surface area (Å²) in [4.78, 5) is 24.0. The van der Waals surface area contributed by atoms with Crippen molar-refractivity contribution in [2.24, 2.45) is 0 Å². The summed E-state index contributed by atoms with van der Waals surface area (Å²) in [5, 5.41) is 1.28. The van der Waals surface area contributed by atoms with Gasteiger partial charge < -0.3 is 9.30 Å². The number of hydrogen-bond donors (Lipinski definition) is 0. The third-order valence-corrected chi connectivity index (χ3v) is 3.46. The van der Waals surface area contributed by atoms with E-state index in [1.807, 2.05) is 6.07 Å². The molecule has 1 aliphatic rings. The number of rotatable bonds is 1. The molecule has 1 aromatic heterocycles. The van der Waals surface area contributed by atoms with E-state index < -0.39 is 5.97 Å². The Morgan fingerprint density at radius 2 is 2.17 bits per heavy atom. The zero-order valence-corrected chi connectivity index (χ0v) is 10.1. The molecular weight excluding hydrogens is 230 g/mol. The molecule has 0 fully saturated rings. The number of ether oxygens (including phenoxy) is 1. The SMILES string of the molecule is COC(=O)c1cccc2c(=O)n3c(cc12)CCC3. The lowest BCUT2D eigenvalue weighted by atomic mass is 10.0. The lowest BCUT2D eigenvalue weighted by Gasteiger charge is -2.08. The standard InChI is InChI=1S/C14H13NO3/c1-18-14(17)11-6-2-5-10-12(11)8-9-4-3-7-15(9)13(10)16/h2,5-6,8H,3-4,7H2,1H3. The van der Waals surface area contributed by atoms with Gasteiger partial charge in [0, 0.05) is 23.0 Å². The second kappa shape index (κ2) is 3.98. The Balaban J connectivity index is 2.39. The van der Waals surface area contributed by atoms with Crippen LogP contribution in [-0.2, 0) is 17.7 Å². The molecule has 18 heavy (non-hydrogen) atoms. The molecule has 0 saturated heterocycles. The minimum Gasteiger partial charge on any atom is -0.465 e. The van der Waals surface area contributed by atoms with Gasteiger partial charge in [0.25, 0.3) is 5.56 Å². The monoisotopic (exact) mass is 243 g/mol. The van der Waals surface area contributed by atoms with E-state index in [2.05, 4.69) is 0 Å². The Morgan fingerprint density at radius 1 is 1.33 bits per heavy atom. The van der Waals surface area contributed by atoms with E-state index in [-0.39, 0.29) is 5.56 Å². The molecule has 1 aliphatic heterocycles. The van der Waals surface area contributed by atoms with Crippen molar-refractivity contribution in [1.82, 2.24) is 4.57 Å². The lowest BCUT2D eigenvalue weighted by molar-refractivity contribution is 0.0603. The number of benzene rings is 1. The first-order valence-corrected chi connectivity index (χ1v) is 5.96. The number of fused-ring (bicyclic) bond motifs is 2. The van der Waals surface area contributed by atoms with Crippen LogP contribution in [0.5, 0.6) is 0 Å². The van der Waals surface area contributed by atoms with Crippen LogP contribution in [0.1, 0.15) is 22.5 Å². The first-order valence-electron chi connectivity index (χ1n) is 5.96. The number of aromatic nitrogens is 1. The smallest absolute Gasteiger partial charge is 0.338 e. The van der Waals surface area contributed by atoms with Crippen LogP contribution in [0.15, 0.2) is 29.1 Å². The van der Waals surface area contributed by atoms with Gasteiger partial charge in [-0.15, -0.1) is 0 Å². The van der Waals surface area contributed by atoms with Crippen LogP contribution in [0.2, 0.25) is 0 Å². The van der Waals surface area contributed by atoms with Crippen molar-refractivity contribution in [3.8, 4) is 0 Å². The zero-order valence-electron chi connectivity index (χ0n) is 10.1. The molecule has 2 aromatic rings. The highest BCUT2D eigenvalue weighted by Gasteiger charge is 2.18. The van der Waals surface area contributed by atoms with Crippen LogP contribution in [0.3, 0.4) is 0 Å². The fraction of sp³-hybridized carbons (Fsp3) is 0.286. The minimum absolute atomic E-state index is 0.00856. The van der Waals surface area contributed by atoms with Crippen LogP contribution in [-0.4, -0.2) is 17.6 Å². The third kappa shape index (κ3) is 1.45. The van der Waals surface area contributed by atoms with Gasteiger partial charge in [-0.25, -0.2) is 4.79 Å². The molecule has 4 nitrogen and oxygen atoms in total. The Morgan fingerprint density at radius 3 is 2.94 bits per heavy atom. The molecule has 1 aromatic carbocycles. The summed E-state index contributed by atoms with van der Waals surface area (Å²) < 4.78 is 6.55. The van der Waals surface area contributed by atoms with Crippen molar-refractivity contribution >= 4 is 16.7 Å². The molecule has 0 saturated carbocycles. The van der Waals surface area contributed by atoms with Gasteiger partial charge in [0.2, 0.25) is 0 Å². The van der Waals surface area contributed by atoms with E-state index in [1.165, 1.54) is 7.11 Å². The average Bonchev–Trinajstić information content (AvgIpc) is 2.86. The topological polar surface area (TPSA) is 48.3 Å². The molecule has 3 rings (SSSR count). The molecule has 0 aliphatic carbocycles. The molecule has 4 heteroatoms. The second-order valence-electron chi connectivity index (χ2n) is 4.45. The second-order valence-corrected chi connectivity index (χ2v) is 4.45. The lowest BCUT2D eigenvalue weighted by Crippen LogP contribution is -2.20. The van der Waals surface area contributed by atoms with Crippen LogP contribution in [0.4, 0.5) is 0 Å². The summed E-state index contributed by atoms with van der Waals surface area (Å²) in [5.74, 6) is -0.400. The molecule has 2 heterocycles. The normalized spacial score (nSPS) is 13.6. The van der Waals surface area contributed by atoms with Gasteiger partial charge >= 0.3 is 5.97 Å². The van der Waals surface area contributed by atoms with Gasteiger partial charge in [0.1, 0.15) is 0 Å². The highest BCUT2D eigenvalue weighted by molar-refractivity contribution is 6.04. The molecule has 0 spiro atoms. The maximum absolute atomic E-state index is 12.3. The molecule has 0 unspecified atom stereocenters. The van der Waals surface area contributed by atoms with E-state index in [0.717, 1.165) is 25.1 Å². The summed E-state index contributed by atoms with van der Waals surface area (Å²) in [6.45, 7) is 0.770. The molecular formula is C14H13NO3. The van der Waals surface area contributed by atoms with E-state index in [4.69, 9.17) is 4.74 Å². The van der Waals surface area contributed by atoms with Crippen LogP contribution >= 0.6 is 0 Å². The number of carbonyl (C=O) groups is 1. The van der Waals surface area contributed by atoms with Crippen molar-refractivity contribution in [3.63, 3.8) is 0 Å². The average molecular weight is 243 g/mol. The van der Waals surface area contributed by atoms with E-state index in [9.17, 15) is 9.59 Å². The first kappa shape index (κ1) is 11.0. The summed E-state index contributed by atoms with van der Waals surface area (Å²) in [7, 11) is 1.35. The van der Waals surface area contributed by atoms with Gasteiger partial charge in [-0.1, -0.05) is 6.07 Å². The van der Waals surface area contributed by atoms with Crippen molar-refractivity contribution in [2.45, 2.75) is 19.4 Å². The molecule has 0 bridgehead atoms. The van der Waals surface area contributed by atoms with Gasteiger partial charge in [-0.2, -0.15) is 0 Å². The minimum atomic E-state index is -0.400. The van der Waals surface area contributed by atoms with Gasteiger partial charge in [0.05, 0.1) is 12.7 Å². The van der Waals surface area contributed by atoms with Crippen LogP contribution < -0.4 is 5.56 Å².